The van der Waals surface area contributed by atoms with E-state index in [0.717, 1.165) is 6.07 Å². The van der Waals surface area contributed by atoms with E-state index in [-0.39, 0.29) is 16.5 Å². The molecule has 0 saturated heterocycles. The highest BCUT2D eigenvalue weighted by atomic mass is 79.9. The molecule has 1 rings (SSSR count). The highest BCUT2D eigenvalue weighted by molar-refractivity contribution is 9.10. The molecule has 0 aromatic heterocycles. The summed E-state index contributed by atoms with van der Waals surface area (Å²) in [4.78, 5) is 10.5. The zero-order valence-electron chi connectivity index (χ0n) is 7.28. The SMILES string of the molecule is O=C(O)/C(=C\O)Oc1c(F)cccc1Br. The van der Waals surface area contributed by atoms with Gasteiger partial charge < -0.3 is 14.9 Å². The van der Waals surface area contributed by atoms with Crippen molar-refractivity contribution in [1.29, 1.82) is 0 Å². The maximum atomic E-state index is 13.2. The summed E-state index contributed by atoms with van der Waals surface area (Å²) in [5.41, 5.74) is 0. The average Bonchev–Trinajstić information content (AvgIpc) is 2.17. The normalized spacial score (nSPS) is 11.2. The van der Waals surface area contributed by atoms with Gasteiger partial charge in [0.25, 0.3) is 0 Å². The Morgan fingerprint density at radius 3 is 2.67 bits per heavy atom. The summed E-state index contributed by atoms with van der Waals surface area (Å²) < 4.78 is 18.1. The first-order chi connectivity index (χ1) is 7.06. The molecule has 1 aromatic rings. The number of carboxylic acid groups (broad SMARTS) is 1. The molecule has 0 spiro atoms. The average molecular weight is 277 g/mol. The third-order valence-electron chi connectivity index (χ3n) is 1.46. The van der Waals surface area contributed by atoms with Crippen molar-refractivity contribution >= 4 is 21.9 Å². The minimum atomic E-state index is -1.49. The Hall–Kier alpha value is -1.56. The van der Waals surface area contributed by atoms with E-state index in [0.29, 0.717) is 0 Å². The number of hydrogen-bond acceptors (Lipinski definition) is 3. The van der Waals surface area contributed by atoms with Crippen LogP contribution in [0.25, 0.3) is 0 Å². The summed E-state index contributed by atoms with van der Waals surface area (Å²) in [6, 6.07) is 4.02. The molecule has 0 amide bonds. The van der Waals surface area contributed by atoms with Crippen LogP contribution in [0.15, 0.2) is 34.7 Å². The van der Waals surface area contributed by atoms with E-state index in [9.17, 15) is 9.18 Å². The van der Waals surface area contributed by atoms with Gasteiger partial charge in [0.2, 0.25) is 5.76 Å². The molecule has 0 aliphatic carbocycles. The van der Waals surface area contributed by atoms with Crippen molar-refractivity contribution in [1.82, 2.24) is 0 Å². The molecule has 0 aliphatic heterocycles. The number of rotatable bonds is 3. The van der Waals surface area contributed by atoms with E-state index in [1.165, 1.54) is 12.1 Å². The van der Waals surface area contributed by atoms with Gasteiger partial charge in [-0.15, -0.1) is 0 Å². The van der Waals surface area contributed by atoms with Crippen LogP contribution in [0, 0.1) is 5.82 Å². The first-order valence-electron chi connectivity index (χ1n) is 3.75. The summed E-state index contributed by atoms with van der Waals surface area (Å²) in [7, 11) is 0. The fourth-order valence-corrected chi connectivity index (χ4v) is 1.24. The molecular formula is C9H6BrFO4. The monoisotopic (exact) mass is 276 g/mol. The van der Waals surface area contributed by atoms with E-state index in [1.54, 1.807) is 0 Å². The fourth-order valence-electron chi connectivity index (χ4n) is 0.815. The van der Waals surface area contributed by atoms with Crippen LogP contribution in [0.4, 0.5) is 4.39 Å². The zero-order valence-corrected chi connectivity index (χ0v) is 8.86. The van der Waals surface area contributed by atoms with Crippen LogP contribution in [0.5, 0.6) is 5.75 Å². The number of carbonyl (C=O) groups is 1. The van der Waals surface area contributed by atoms with Gasteiger partial charge in [0.15, 0.2) is 11.6 Å². The number of carboxylic acids is 1. The topological polar surface area (TPSA) is 66.8 Å². The Kier molecular flexibility index (Phi) is 3.68. The van der Waals surface area contributed by atoms with Gasteiger partial charge in [-0.1, -0.05) is 6.07 Å². The molecule has 1 aromatic carbocycles. The molecule has 0 unspecified atom stereocenters. The summed E-state index contributed by atoms with van der Waals surface area (Å²) in [6.45, 7) is 0. The molecular weight excluding hydrogens is 271 g/mol. The maximum absolute atomic E-state index is 13.2. The number of aliphatic hydroxyl groups excluding tert-OH is 1. The van der Waals surface area contributed by atoms with Crippen LogP contribution in [0.3, 0.4) is 0 Å². The molecule has 4 nitrogen and oxygen atoms in total. The Morgan fingerprint density at radius 1 is 1.53 bits per heavy atom. The summed E-state index contributed by atoms with van der Waals surface area (Å²) in [6.07, 6.45) is 0.251. The molecule has 0 bridgehead atoms. The van der Waals surface area contributed by atoms with Gasteiger partial charge in [-0.2, -0.15) is 0 Å². The van der Waals surface area contributed by atoms with Crippen molar-refractivity contribution in [3.8, 4) is 5.75 Å². The molecule has 15 heavy (non-hydrogen) atoms. The standard InChI is InChI=1S/C9H6BrFO4/c10-5-2-1-3-6(11)8(5)15-7(4-12)9(13)14/h1-4,12H,(H,13,14)/b7-4+. The lowest BCUT2D eigenvalue weighted by Crippen LogP contribution is -2.08. The van der Waals surface area contributed by atoms with Crippen LogP contribution in [-0.4, -0.2) is 16.2 Å². The molecule has 0 fully saturated rings. The van der Waals surface area contributed by atoms with Gasteiger partial charge in [-0.05, 0) is 28.1 Å². The predicted molar refractivity (Wildman–Crippen MR) is 53.1 cm³/mol. The molecule has 2 N–H and O–H groups in total. The zero-order chi connectivity index (χ0) is 11.4. The molecule has 0 aliphatic rings. The van der Waals surface area contributed by atoms with E-state index in [4.69, 9.17) is 10.2 Å². The van der Waals surface area contributed by atoms with Crippen molar-refractivity contribution in [2.24, 2.45) is 0 Å². The minimum absolute atomic E-state index is 0.251. The largest absolute Gasteiger partial charge is 0.511 e. The highest BCUT2D eigenvalue weighted by Gasteiger charge is 2.15. The lowest BCUT2D eigenvalue weighted by Gasteiger charge is -2.07. The number of hydrogen-bond donors (Lipinski definition) is 2. The van der Waals surface area contributed by atoms with E-state index < -0.39 is 17.5 Å². The first kappa shape index (κ1) is 11.5. The number of ether oxygens (including phenoxy) is 1. The second-order valence-corrected chi connectivity index (χ2v) is 3.31. The Bertz CT molecular complexity index is 396. The number of aliphatic hydroxyl groups is 1. The second kappa shape index (κ2) is 4.79. The van der Waals surface area contributed by atoms with Gasteiger partial charge in [-0.3, -0.25) is 0 Å². The number of para-hydroxylation sites is 1. The second-order valence-electron chi connectivity index (χ2n) is 2.45. The highest BCUT2D eigenvalue weighted by Crippen LogP contribution is 2.29. The fraction of sp³-hybridized carbons (Fsp3) is 0. The van der Waals surface area contributed by atoms with Crippen molar-refractivity contribution in [2.45, 2.75) is 0 Å². The lowest BCUT2D eigenvalue weighted by molar-refractivity contribution is -0.135. The molecule has 0 radical (unpaired) electrons. The van der Waals surface area contributed by atoms with Crippen LogP contribution >= 0.6 is 15.9 Å². The quantitative estimate of drug-likeness (QED) is 0.657. The van der Waals surface area contributed by atoms with E-state index in [1.807, 2.05) is 0 Å². The number of aliphatic carboxylic acids is 1. The van der Waals surface area contributed by atoms with Crippen LogP contribution in [-0.2, 0) is 4.79 Å². The van der Waals surface area contributed by atoms with Gasteiger partial charge in [0.05, 0.1) is 4.47 Å². The van der Waals surface area contributed by atoms with Crippen molar-refractivity contribution in [3.05, 3.63) is 40.5 Å². The molecule has 6 heteroatoms. The third kappa shape index (κ3) is 2.69. The van der Waals surface area contributed by atoms with Crippen molar-refractivity contribution < 1.29 is 24.1 Å². The smallest absolute Gasteiger partial charge is 0.375 e. The lowest BCUT2D eigenvalue weighted by atomic mass is 10.3. The van der Waals surface area contributed by atoms with E-state index in [2.05, 4.69) is 20.7 Å². The molecule has 80 valence electrons. The van der Waals surface area contributed by atoms with Crippen molar-refractivity contribution in [3.63, 3.8) is 0 Å². The Balaban J connectivity index is 3.04. The maximum Gasteiger partial charge on any atom is 0.375 e. The Labute approximate surface area is 92.7 Å². The van der Waals surface area contributed by atoms with Gasteiger partial charge in [-0.25, -0.2) is 9.18 Å². The van der Waals surface area contributed by atoms with Crippen LogP contribution in [0.1, 0.15) is 0 Å². The Morgan fingerprint density at radius 2 is 2.20 bits per heavy atom. The number of benzene rings is 1. The van der Waals surface area contributed by atoms with Gasteiger partial charge in [0, 0.05) is 0 Å². The van der Waals surface area contributed by atoms with Gasteiger partial charge >= 0.3 is 5.97 Å². The van der Waals surface area contributed by atoms with Crippen LogP contribution < -0.4 is 4.74 Å². The molecule has 0 atom stereocenters. The summed E-state index contributed by atoms with van der Waals surface area (Å²) >= 11 is 2.99. The first-order valence-corrected chi connectivity index (χ1v) is 4.55. The molecule has 0 heterocycles. The van der Waals surface area contributed by atoms with Crippen LogP contribution in [0.2, 0.25) is 0 Å². The third-order valence-corrected chi connectivity index (χ3v) is 2.08. The summed E-state index contributed by atoms with van der Waals surface area (Å²) in [5.74, 6) is -3.28. The minimum Gasteiger partial charge on any atom is -0.511 e. The van der Waals surface area contributed by atoms with E-state index >= 15 is 0 Å². The van der Waals surface area contributed by atoms with Crippen molar-refractivity contribution in [2.75, 3.05) is 0 Å². The molecule has 0 saturated carbocycles. The summed E-state index contributed by atoms with van der Waals surface area (Å²) in [5, 5.41) is 17.1. The predicted octanol–water partition coefficient (Wildman–Crippen LogP) is 2.45. The van der Waals surface area contributed by atoms with Gasteiger partial charge in [0.1, 0.15) is 6.26 Å². The number of halogens is 2.